The molecule has 0 unspecified atom stereocenters. The summed E-state index contributed by atoms with van der Waals surface area (Å²) in [6.45, 7) is 5.77. The molecule has 0 radical (unpaired) electrons. The number of pyridine rings is 2. The van der Waals surface area contributed by atoms with E-state index < -0.39 is 5.91 Å². The van der Waals surface area contributed by atoms with Gasteiger partial charge in [-0.2, -0.15) is 0 Å². The van der Waals surface area contributed by atoms with Gasteiger partial charge in [0.25, 0.3) is 5.91 Å². The summed E-state index contributed by atoms with van der Waals surface area (Å²) in [6.07, 6.45) is 3.94. The monoisotopic (exact) mass is 435 g/mol. The summed E-state index contributed by atoms with van der Waals surface area (Å²) in [7, 11) is 0. The Morgan fingerprint density at radius 1 is 1.09 bits per heavy atom. The highest BCUT2D eigenvalue weighted by Gasteiger charge is 2.24. The average Bonchev–Trinajstić information content (AvgIpc) is 3.62. The SMILES string of the molecule is CCONC(=O)c1cnc(Nc2ccc(F)c(C)n2)cc1Nc1ccc(C2CC2)cc1C. The molecule has 0 atom stereocenters. The van der Waals surface area contributed by atoms with Crippen LogP contribution in [0.25, 0.3) is 0 Å². The number of benzene rings is 1. The van der Waals surface area contributed by atoms with Crippen LogP contribution in [-0.2, 0) is 4.84 Å². The summed E-state index contributed by atoms with van der Waals surface area (Å²) >= 11 is 0. The molecule has 7 nitrogen and oxygen atoms in total. The summed E-state index contributed by atoms with van der Waals surface area (Å²) in [5.74, 6) is 0.805. The quantitative estimate of drug-likeness (QED) is 0.417. The number of aromatic nitrogens is 2. The molecule has 2 heterocycles. The molecule has 8 heteroatoms. The highest BCUT2D eigenvalue weighted by Crippen LogP contribution is 2.41. The minimum absolute atomic E-state index is 0.285. The van der Waals surface area contributed by atoms with E-state index in [-0.39, 0.29) is 11.5 Å². The van der Waals surface area contributed by atoms with Crippen molar-refractivity contribution >= 4 is 28.9 Å². The van der Waals surface area contributed by atoms with E-state index in [1.165, 1.54) is 36.7 Å². The fraction of sp³-hybridized carbons (Fsp3) is 0.292. The third kappa shape index (κ3) is 5.03. The Bertz CT molecular complexity index is 1150. The zero-order chi connectivity index (χ0) is 22.7. The molecule has 4 rings (SSSR count). The van der Waals surface area contributed by atoms with E-state index in [4.69, 9.17) is 4.84 Å². The van der Waals surface area contributed by atoms with Crippen molar-refractivity contribution in [1.29, 1.82) is 0 Å². The van der Waals surface area contributed by atoms with Crippen molar-refractivity contribution in [3.63, 3.8) is 0 Å². The van der Waals surface area contributed by atoms with Gasteiger partial charge in [-0.25, -0.2) is 19.8 Å². The predicted octanol–water partition coefficient (Wildman–Crippen LogP) is 5.28. The van der Waals surface area contributed by atoms with Gasteiger partial charge in [0.05, 0.1) is 23.6 Å². The standard InChI is InChI=1S/C24H26FN5O2/c1-4-32-30-24(31)18-13-26-23(29-22-10-8-19(25)15(3)27-22)12-21(18)28-20-9-7-17(11-14(20)2)16-5-6-16/h7-13,16H,4-6H2,1-3H3,(H,30,31)(H2,26,27,28,29). The van der Waals surface area contributed by atoms with Gasteiger partial charge in [0.15, 0.2) is 0 Å². The van der Waals surface area contributed by atoms with Crippen LogP contribution in [-0.4, -0.2) is 22.5 Å². The maximum absolute atomic E-state index is 13.5. The fourth-order valence-corrected chi connectivity index (χ4v) is 3.39. The lowest BCUT2D eigenvalue weighted by Crippen LogP contribution is -2.24. The molecule has 1 aliphatic carbocycles. The first-order chi connectivity index (χ1) is 15.4. The van der Waals surface area contributed by atoms with E-state index in [0.29, 0.717) is 35.4 Å². The van der Waals surface area contributed by atoms with Gasteiger partial charge in [0, 0.05) is 18.0 Å². The van der Waals surface area contributed by atoms with Crippen molar-refractivity contribution in [3.05, 3.63) is 70.8 Å². The lowest BCUT2D eigenvalue weighted by atomic mass is 10.1. The van der Waals surface area contributed by atoms with E-state index in [1.807, 2.05) is 13.0 Å². The molecule has 3 N–H and O–H groups in total. The summed E-state index contributed by atoms with van der Waals surface area (Å²) in [4.78, 5) is 26.2. The maximum atomic E-state index is 13.5. The van der Waals surface area contributed by atoms with Gasteiger partial charge in [0.2, 0.25) is 0 Å². The number of nitrogens with one attached hydrogen (secondary N) is 3. The van der Waals surface area contributed by atoms with Gasteiger partial charge in [-0.1, -0.05) is 12.1 Å². The van der Waals surface area contributed by atoms with E-state index in [2.05, 4.69) is 38.2 Å². The number of halogens is 1. The first-order valence-electron chi connectivity index (χ1n) is 10.6. The van der Waals surface area contributed by atoms with Crippen LogP contribution in [0.2, 0.25) is 0 Å². The zero-order valence-electron chi connectivity index (χ0n) is 18.3. The van der Waals surface area contributed by atoms with Gasteiger partial charge in [-0.05, 0) is 68.9 Å². The maximum Gasteiger partial charge on any atom is 0.278 e. The molecule has 1 fully saturated rings. The van der Waals surface area contributed by atoms with Crippen molar-refractivity contribution in [2.45, 2.75) is 39.5 Å². The molecule has 32 heavy (non-hydrogen) atoms. The molecule has 166 valence electrons. The van der Waals surface area contributed by atoms with E-state index in [1.54, 1.807) is 19.9 Å². The Morgan fingerprint density at radius 2 is 1.91 bits per heavy atom. The van der Waals surface area contributed by atoms with Crippen LogP contribution < -0.4 is 16.1 Å². The van der Waals surface area contributed by atoms with Gasteiger partial charge in [-0.3, -0.25) is 9.63 Å². The largest absolute Gasteiger partial charge is 0.354 e. The van der Waals surface area contributed by atoms with Gasteiger partial charge in [0.1, 0.15) is 17.5 Å². The topological polar surface area (TPSA) is 88.2 Å². The lowest BCUT2D eigenvalue weighted by molar-refractivity contribution is 0.0365. The molecule has 1 saturated carbocycles. The number of hydrogen-bond donors (Lipinski definition) is 3. The number of rotatable bonds is 8. The summed E-state index contributed by atoms with van der Waals surface area (Å²) in [6, 6.07) is 10.9. The first-order valence-corrected chi connectivity index (χ1v) is 10.6. The molecular formula is C24H26FN5O2. The van der Waals surface area contributed by atoms with Gasteiger partial charge < -0.3 is 10.6 Å². The second-order valence-electron chi connectivity index (χ2n) is 7.84. The molecule has 1 aromatic carbocycles. The van der Waals surface area contributed by atoms with Crippen LogP contribution in [0.5, 0.6) is 0 Å². The number of carbonyl (C=O) groups is 1. The second-order valence-corrected chi connectivity index (χ2v) is 7.84. The molecule has 1 aliphatic rings. The second kappa shape index (κ2) is 9.32. The van der Waals surface area contributed by atoms with Crippen LogP contribution in [0.3, 0.4) is 0 Å². The smallest absolute Gasteiger partial charge is 0.278 e. The molecule has 0 bridgehead atoms. The fourth-order valence-electron chi connectivity index (χ4n) is 3.39. The average molecular weight is 436 g/mol. The van der Waals surface area contributed by atoms with Crippen molar-refractivity contribution in [2.24, 2.45) is 0 Å². The van der Waals surface area contributed by atoms with Crippen LogP contribution in [0, 0.1) is 19.7 Å². The van der Waals surface area contributed by atoms with Crippen molar-refractivity contribution in [2.75, 3.05) is 17.2 Å². The van der Waals surface area contributed by atoms with E-state index in [9.17, 15) is 9.18 Å². The number of nitrogens with zero attached hydrogens (tertiary/aromatic N) is 2. The highest BCUT2D eigenvalue weighted by molar-refractivity contribution is 6.00. The summed E-state index contributed by atoms with van der Waals surface area (Å²) < 4.78 is 13.5. The van der Waals surface area contributed by atoms with E-state index >= 15 is 0 Å². The van der Waals surface area contributed by atoms with Crippen molar-refractivity contribution in [1.82, 2.24) is 15.4 Å². The van der Waals surface area contributed by atoms with Crippen LogP contribution in [0.4, 0.5) is 27.4 Å². The third-order valence-corrected chi connectivity index (χ3v) is 5.30. The predicted molar refractivity (Wildman–Crippen MR) is 122 cm³/mol. The number of anilines is 4. The van der Waals surface area contributed by atoms with Crippen LogP contribution in [0.1, 0.15) is 52.9 Å². The van der Waals surface area contributed by atoms with Crippen LogP contribution >= 0.6 is 0 Å². The molecule has 2 aromatic heterocycles. The number of amides is 1. The lowest BCUT2D eigenvalue weighted by Gasteiger charge is -2.16. The molecule has 0 spiro atoms. The summed E-state index contributed by atoms with van der Waals surface area (Å²) in [5.41, 5.74) is 6.91. The number of hydroxylamine groups is 1. The summed E-state index contributed by atoms with van der Waals surface area (Å²) in [5, 5.41) is 6.42. The molecule has 0 aliphatic heterocycles. The van der Waals surface area contributed by atoms with E-state index in [0.717, 1.165) is 11.3 Å². The molecule has 1 amide bonds. The van der Waals surface area contributed by atoms with Gasteiger partial charge >= 0.3 is 0 Å². The van der Waals surface area contributed by atoms with Crippen molar-refractivity contribution in [3.8, 4) is 0 Å². The molecular weight excluding hydrogens is 409 g/mol. The van der Waals surface area contributed by atoms with Crippen LogP contribution in [0.15, 0.2) is 42.6 Å². The number of aryl methyl sites for hydroxylation is 2. The zero-order valence-corrected chi connectivity index (χ0v) is 18.3. The van der Waals surface area contributed by atoms with Gasteiger partial charge in [-0.15, -0.1) is 0 Å². The minimum atomic E-state index is -0.406. The number of hydrogen-bond acceptors (Lipinski definition) is 6. The molecule has 3 aromatic rings. The Labute approximate surface area is 186 Å². The third-order valence-electron chi connectivity index (χ3n) is 5.30. The Morgan fingerprint density at radius 3 is 2.59 bits per heavy atom. The Hall–Kier alpha value is -3.52. The normalized spacial score (nSPS) is 13.0. The molecule has 0 saturated heterocycles. The Balaban J connectivity index is 1.64. The Kier molecular flexibility index (Phi) is 6.32. The number of carbonyl (C=O) groups excluding carboxylic acids is 1. The minimum Gasteiger partial charge on any atom is -0.354 e. The first kappa shape index (κ1) is 21.7. The highest BCUT2D eigenvalue weighted by atomic mass is 19.1. The van der Waals surface area contributed by atoms with Crippen molar-refractivity contribution < 1.29 is 14.0 Å².